The Hall–Kier alpha value is -1.92. The molecular formula is C14H21N5O2. The van der Waals surface area contributed by atoms with E-state index < -0.39 is 5.54 Å². The third-order valence-corrected chi connectivity index (χ3v) is 4.53. The number of nitrogens with one attached hydrogen (secondary N) is 1. The van der Waals surface area contributed by atoms with Gasteiger partial charge in [0, 0.05) is 6.04 Å². The van der Waals surface area contributed by atoms with Crippen LogP contribution in [0, 0.1) is 5.92 Å². The number of carbonyl (C=O) groups excluding carboxylic acids is 2. The topological polar surface area (TPSA) is 80.1 Å². The zero-order valence-electron chi connectivity index (χ0n) is 12.7. The van der Waals surface area contributed by atoms with Crippen LogP contribution in [0.1, 0.15) is 45.5 Å². The quantitative estimate of drug-likeness (QED) is 0.875. The van der Waals surface area contributed by atoms with Gasteiger partial charge in [-0.15, -0.1) is 0 Å². The molecule has 1 N–H and O–H groups in total. The molecule has 1 aromatic rings. The van der Waals surface area contributed by atoms with Gasteiger partial charge in [-0.3, -0.25) is 9.59 Å². The molecule has 0 aromatic carbocycles. The van der Waals surface area contributed by atoms with Gasteiger partial charge in [0.2, 0.25) is 11.8 Å². The summed E-state index contributed by atoms with van der Waals surface area (Å²) < 4.78 is 1.80. The first kappa shape index (κ1) is 14.0. The predicted octanol–water partition coefficient (Wildman–Crippen LogP) is 0.486. The third-order valence-electron chi connectivity index (χ3n) is 4.53. The predicted molar refractivity (Wildman–Crippen MR) is 75.1 cm³/mol. The largest absolute Gasteiger partial charge is 0.345 e. The Labute approximate surface area is 123 Å². The highest BCUT2D eigenvalue weighted by atomic mass is 16.2. The van der Waals surface area contributed by atoms with Gasteiger partial charge in [0.05, 0.1) is 13.1 Å². The second-order valence-corrected chi connectivity index (χ2v) is 6.30. The van der Waals surface area contributed by atoms with E-state index in [1.54, 1.807) is 9.58 Å². The van der Waals surface area contributed by atoms with Crippen molar-refractivity contribution in [2.45, 2.75) is 51.7 Å². The van der Waals surface area contributed by atoms with Crippen LogP contribution in [0.2, 0.25) is 0 Å². The monoisotopic (exact) mass is 291 g/mol. The van der Waals surface area contributed by atoms with Crippen molar-refractivity contribution in [1.82, 2.24) is 25.0 Å². The van der Waals surface area contributed by atoms with Crippen molar-refractivity contribution in [3.63, 3.8) is 0 Å². The van der Waals surface area contributed by atoms with Gasteiger partial charge >= 0.3 is 0 Å². The molecule has 3 rings (SSSR count). The minimum absolute atomic E-state index is 0.0534. The summed E-state index contributed by atoms with van der Waals surface area (Å²) in [7, 11) is 0. The fourth-order valence-corrected chi connectivity index (χ4v) is 3.08. The van der Waals surface area contributed by atoms with Crippen molar-refractivity contribution >= 4 is 11.8 Å². The number of nitrogens with zero attached hydrogens (tertiary/aromatic N) is 4. The van der Waals surface area contributed by atoms with E-state index in [4.69, 9.17) is 0 Å². The summed E-state index contributed by atoms with van der Waals surface area (Å²) in [5.41, 5.74) is -0.761. The van der Waals surface area contributed by atoms with Gasteiger partial charge in [-0.25, -0.2) is 9.67 Å². The first-order chi connectivity index (χ1) is 9.94. The van der Waals surface area contributed by atoms with Crippen molar-refractivity contribution in [2.24, 2.45) is 5.92 Å². The normalized spacial score (nSPS) is 26.4. The van der Waals surface area contributed by atoms with Gasteiger partial charge < -0.3 is 10.2 Å². The Bertz CT molecular complexity index is 578. The van der Waals surface area contributed by atoms with Gasteiger partial charge in [-0.2, -0.15) is 5.10 Å². The molecule has 2 aliphatic rings. The molecule has 1 aliphatic heterocycles. The van der Waals surface area contributed by atoms with Crippen LogP contribution >= 0.6 is 0 Å². The Morgan fingerprint density at radius 1 is 1.43 bits per heavy atom. The number of hydrogen-bond donors (Lipinski definition) is 1. The first-order valence-corrected chi connectivity index (χ1v) is 7.41. The minimum Gasteiger partial charge on any atom is -0.345 e. The van der Waals surface area contributed by atoms with Crippen LogP contribution in [0.25, 0.3) is 0 Å². The fraction of sp³-hybridized carbons (Fsp3) is 0.714. The average Bonchev–Trinajstić information content (AvgIpc) is 3.19. The number of carbonyl (C=O) groups is 2. The smallest absolute Gasteiger partial charge is 0.246 e. The van der Waals surface area contributed by atoms with Gasteiger partial charge in [-0.05, 0) is 39.5 Å². The maximum absolute atomic E-state index is 12.4. The molecule has 1 saturated heterocycles. The lowest BCUT2D eigenvalue weighted by atomic mass is 9.90. The summed E-state index contributed by atoms with van der Waals surface area (Å²) in [4.78, 5) is 30.7. The summed E-state index contributed by atoms with van der Waals surface area (Å²) in [6.07, 6.45) is 3.48. The molecule has 0 radical (unpaired) electrons. The van der Waals surface area contributed by atoms with Crippen molar-refractivity contribution < 1.29 is 9.59 Å². The molecule has 1 atom stereocenters. The summed E-state index contributed by atoms with van der Waals surface area (Å²) in [5.74, 6) is 0.861. The van der Waals surface area contributed by atoms with Crippen LogP contribution in [0.15, 0.2) is 6.33 Å². The number of rotatable bonds is 4. The van der Waals surface area contributed by atoms with Crippen LogP contribution in [-0.4, -0.2) is 43.6 Å². The van der Waals surface area contributed by atoms with E-state index in [0.29, 0.717) is 6.54 Å². The molecule has 1 aliphatic carbocycles. The molecule has 0 spiro atoms. The lowest BCUT2D eigenvalue weighted by molar-refractivity contribution is -0.155. The van der Waals surface area contributed by atoms with Crippen LogP contribution in [0.5, 0.6) is 0 Å². The highest BCUT2D eigenvalue weighted by Gasteiger charge is 2.55. The lowest BCUT2D eigenvalue weighted by Gasteiger charge is -2.43. The van der Waals surface area contributed by atoms with Crippen LogP contribution < -0.4 is 5.32 Å². The summed E-state index contributed by atoms with van der Waals surface area (Å²) >= 11 is 0. The molecule has 1 unspecified atom stereocenters. The van der Waals surface area contributed by atoms with E-state index in [1.165, 1.54) is 6.33 Å². The van der Waals surface area contributed by atoms with Crippen LogP contribution in [-0.2, 0) is 16.1 Å². The Morgan fingerprint density at radius 2 is 2.14 bits per heavy atom. The van der Waals surface area contributed by atoms with Gasteiger partial charge in [-0.1, -0.05) is 0 Å². The number of hydrogen-bond acceptors (Lipinski definition) is 4. The van der Waals surface area contributed by atoms with Crippen LogP contribution in [0.3, 0.4) is 0 Å². The molecule has 2 heterocycles. The molecular weight excluding hydrogens is 270 g/mol. The number of aromatic nitrogens is 3. The Kier molecular flexibility index (Phi) is 3.22. The van der Waals surface area contributed by atoms with Crippen LogP contribution in [0.4, 0.5) is 0 Å². The Morgan fingerprint density at radius 3 is 2.76 bits per heavy atom. The number of piperazine rings is 1. The average molecular weight is 291 g/mol. The summed E-state index contributed by atoms with van der Waals surface area (Å²) in [5, 5.41) is 6.92. The summed E-state index contributed by atoms with van der Waals surface area (Å²) in [6.45, 7) is 6.30. The van der Waals surface area contributed by atoms with E-state index in [2.05, 4.69) is 15.4 Å². The van der Waals surface area contributed by atoms with Gasteiger partial charge in [0.1, 0.15) is 17.7 Å². The van der Waals surface area contributed by atoms with E-state index in [1.807, 2.05) is 20.8 Å². The fourth-order valence-electron chi connectivity index (χ4n) is 3.08. The highest BCUT2D eigenvalue weighted by Crippen LogP contribution is 2.44. The zero-order chi connectivity index (χ0) is 15.2. The lowest BCUT2D eigenvalue weighted by Crippen LogP contribution is -2.66. The molecule has 1 aromatic heterocycles. The second kappa shape index (κ2) is 4.82. The second-order valence-electron chi connectivity index (χ2n) is 6.30. The summed E-state index contributed by atoms with van der Waals surface area (Å²) in [6, 6.07) is 0.170. The van der Waals surface area contributed by atoms with Crippen molar-refractivity contribution in [3.05, 3.63) is 12.2 Å². The van der Waals surface area contributed by atoms with Crippen molar-refractivity contribution in [2.75, 3.05) is 6.54 Å². The van der Waals surface area contributed by atoms with E-state index >= 15 is 0 Å². The molecule has 1 saturated carbocycles. The SMILES string of the molecule is CC(C)n1ncnc1CN1C(=O)CNC(=O)C1(C)C1CC1. The molecule has 2 fully saturated rings. The molecule has 7 heteroatoms. The first-order valence-electron chi connectivity index (χ1n) is 7.41. The standard InChI is InChI=1S/C14H21N5O2/c1-9(2)19-11(16-8-17-19)7-18-12(20)6-15-13(21)14(18,3)10-4-5-10/h8-10H,4-7H2,1-3H3,(H,15,21). The maximum atomic E-state index is 12.4. The number of amides is 2. The molecule has 7 nitrogen and oxygen atoms in total. The molecule has 21 heavy (non-hydrogen) atoms. The maximum Gasteiger partial charge on any atom is 0.246 e. The van der Waals surface area contributed by atoms with Crippen molar-refractivity contribution in [3.8, 4) is 0 Å². The molecule has 0 bridgehead atoms. The third kappa shape index (κ3) is 2.20. The minimum atomic E-state index is -0.761. The van der Waals surface area contributed by atoms with Gasteiger partial charge in [0.25, 0.3) is 0 Å². The Balaban J connectivity index is 1.92. The van der Waals surface area contributed by atoms with E-state index in [-0.39, 0.29) is 30.3 Å². The molecule has 114 valence electrons. The molecule has 2 amide bonds. The van der Waals surface area contributed by atoms with Crippen molar-refractivity contribution in [1.29, 1.82) is 0 Å². The highest BCUT2D eigenvalue weighted by molar-refractivity contribution is 5.98. The van der Waals surface area contributed by atoms with E-state index in [0.717, 1.165) is 18.7 Å². The zero-order valence-corrected chi connectivity index (χ0v) is 12.7. The van der Waals surface area contributed by atoms with Gasteiger partial charge in [0.15, 0.2) is 0 Å². The van der Waals surface area contributed by atoms with E-state index in [9.17, 15) is 9.59 Å².